The van der Waals surface area contributed by atoms with Crippen LogP contribution >= 0.6 is 0 Å². The Hall–Kier alpha value is -2.10. The Morgan fingerprint density at radius 2 is 1.62 bits per heavy atom. The van der Waals surface area contributed by atoms with Crippen LogP contribution in [0.5, 0.6) is 0 Å². The quantitative estimate of drug-likeness (QED) is 0.283. The second-order valence-electron chi connectivity index (χ2n) is 16.6. The standard InChI is InChI=1S/C36H60BN3O4Si/c1-23(2)45(24(3)4,25(5)6)40-19-17-28-31(27(8)21-38-32(28)40)29(20-37-43-35(12,13)36(14,15)44-37)30-22-39(18-16-26(30)7)33(41)42-34(9,10)11/h17,19-21,23-26,30H,16,18,22H2,1-15H3/b29-20-/t26-,30+/m1/s1. The molecule has 2 atom stereocenters. The fourth-order valence-electron chi connectivity index (χ4n) is 8.18. The molecule has 2 aliphatic rings. The lowest BCUT2D eigenvalue weighted by Crippen LogP contribution is -2.51. The van der Waals surface area contributed by atoms with Crippen LogP contribution in [0.15, 0.2) is 24.4 Å². The summed E-state index contributed by atoms with van der Waals surface area (Å²) >= 11 is 0. The number of aryl methyl sites for hydroxylation is 1. The number of likely N-dealkylation sites (tertiary alicyclic amines) is 1. The molecule has 0 aromatic carbocycles. The molecule has 0 unspecified atom stereocenters. The zero-order valence-corrected chi connectivity index (χ0v) is 31.9. The fraction of sp³-hybridized carbons (Fsp3) is 0.722. The van der Waals surface area contributed by atoms with Crippen molar-refractivity contribution in [1.82, 2.24) is 14.1 Å². The number of hydrogen-bond donors (Lipinski definition) is 0. The summed E-state index contributed by atoms with van der Waals surface area (Å²) in [5.74, 6) is 2.62. The average Bonchev–Trinajstić information content (AvgIpc) is 3.38. The number of nitrogens with zero attached hydrogens (tertiary/aromatic N) is 3. The van der Waals surface area contributed by atoms with E-state index in [1.807, 2.05) is 31.9 Å². The molecule has 4 heterocycles. The van der Waals surface area contributed by atoms with Gasteiger partial charge >= 0.3 is 13.2 Å². The monoisotopic (exact) mass is 637 g/mol. The van der Waals surface area contributed by atoms with E-state index in [2.05, 4.69) is 106 Å². The molecule has 1 amide bonds. The van der Waals surface area contributed by atoms with Crippen LogP contribution in [0.4, 0.5) is 4.79 Å². The molecule has 0 bridgehead atoms. The Bertz CT molecular complexity index is 1380. The summed E-state index contributed by atoms with van der Waals surface area (Å²) in [6.45, 7) is 34.3. The lowest BCUT2D eigenvalue weighted by Gasteiger charge is -2.44. The van der Waals surface area contributed by atoms with Gasteiger partial charge in [0, 0.05) is 30.6 Å². The van der Waals surface area contributed by atoms with Crippen molar-refractivity contribution in [3.63, 3.8) is 0 Å². The van der Waals surface area contributed by atoms with Crippen molar-refractivity contribution in [2.24, 2.45) is 11.8 Å². The molecule has 250 valence electrons. The van der Waals surface area contributed by atoms with Crippen molar-refractivity contribution < 1.29 is 18.8 Å². The molecule has 45 heavy (non-hydrogen) atoms. The van der Waals surface area contributed by atoms with Crippen molar-refractivity contribution in [3.05, 3.63) is 35.6 Å². The van der Waals surface area contributed by atoms with Crippen molar-refractivity contribution in [2.75, 3.05) is 13.1 Å². The van der Waals surface area contributed by atoms with Gasteiger partial charge in [-0.3, -0.25) is 0 Å². The summed E-state index contributed by atoms with van der Waals surface area (Å²) in [5, 5.41) is 1.16. The molecule has 0 N–H and O–H groups in total. The number of carbonyl (C=O) groups excluding carboxylic acids is 1. The number of piperidine rings is 1. The molecule has 2 fully saturated rings. The minimum Gasteiger partial charge on any atom is -0.444 e. The van der Waals surface area contributed by atoms with Crippen LogP contribution in [0.2, 0.25) is 16.6 Å². The van der Waals surface area contributed by atoms with Gasteiger partial charge in [0.05, 0.1) is 11.2 Å². The summed E-state index contributed by atoms with van der Waals surface area (Å²) < 4.78 is 21.6. The van der Waals surface area contributed by atoms with Crippen molar-refractivity contribution in [3.8, 4) is 0 Å². The topological polar surface area (TPSA) is 65.8 Å². The molecule has 0 saturated carbocycles. The summed E-state index contributed by atoms with van der Waals surface area (Å²) in [7, 11) is -2.56. The van der Waals surface area contributed by atoms with Gasteiger partial charge in [0.25, 0.3) is 0 Å². The highest BCUT2D eigenvalue weighted by Gasteiger charge is 2.51. The largest absolute Gasteiger partial charge is 0.487 e. The van der Waals surface area contributed by atoms with E-state index in [9.17, 15) is 4.79 Å². The van der Waals surface area contributed by atoms with Gasteiger partial charge in [0.15, 0.2) is 8.24 Å². The highest BCUT2D eigenvalue weighted by molar-refractivity contribution is 6.82. The lowest BCUT2D eigenvalue weighted by molar-refractivity contribution is 0.00578. The smallest absolute Gasteiger partial charge is 0.444 e. The van der Waals surface area contributed by atoms with Gasteiger partial charge < -0.3 is 23.2 Å². The summed E-state index contributed by atoms with van der Waals surface area (Å²) in [6.07, 6.45) is 5.00. The highest BCUT2D eigenvalue weighted by Crippen LogP contribution is 2.46. The van der Waals surface area contributed by atoms with Crippen LogP contribution in [0.1, 0.15) is 114 Å². The maximum atomic E-state index is 13.4. The fourth-order valence-corrected chi connectivity index (χ4v) is 14.7. The van der Waals surface area contributed by atoms with Gasteiger partial charge in [-0.2, -0.15) is 0 Å². The molecular formula is C36H60BN3O4Si. The Labute approximate surface area is 274 Å². The number of hydrogen-bond acceptors (Lipinski definition) is 5. The van der Waals surface area contributed by atoms with Crippen LogP contribution in [0, 0.1) is 18.8 Å². The van der Waals surface area contributed by atoms with Crippen LogP contribution in [-0.2, 0) is 14.0 Å². The average molecular weight is 638 g/mol. The number of fused-ring (bicyclic) bond motifs is 1. The number of carbonyl (C=O) groups is 1. The summed E-state index contributed by atoms with van der Waals surface area (Å²) in [6, 6.07) is 2.29. The zero-order valence-electron chi connectivity index (χ0n) is 30.9. The number of rotatable bonds is 7. The second-order valence-corrected chi connectivity index (χ2v) is 22.4. The van der Waals surface area contributed by atoms with Crippen molar-refractivity contribution in [1.29, 1.82) is 0 Å². The molecule has 2 saturated heterocycles. The third kappa shape index (κ3) is 6.55. The van der Waals surface area contributed by atoms with Gasteiger partial charge in [0.2, 0.25) is 0 Å². The van der Waals surface area contributed by atoms with E-state index in [-0.39, 0.29) is 12.0 Å². The van der Waals surface area contributed by atoms with Crippen molar-refractivity contribution >= 4 is 38.1 Å². The predicted molar refractivity (Wildman–Crippen MR) is 190 cm³/mol. The maximum Gasteiger partial charge on any atom is 0.487 e. The van der Waals surface area contributed by atoms with Gasteiger partial charge in [-0.1, -0.05) is 54.4 Å². The van der Waals surface area contributed by atoms with E-state index in [4.69, 9.17) is 19.0 Å². The molecule has 4 rings (SSSR count). The number of amides is 1. The third-order valence-electron chi connectivity index (χ3n) is 11.0. The SMILES string of the molecule is Cc1cnc2c(ccn2[Si](C(C)C)(C(C)C)C(C)C)c1/C(=C\B1OC(C)(C)C(C)(C)O1)[C@H]1CN(C(=O)OC(C)(C)C)CC[C@H]1C. The van der Waals surface area contributed by atoms with Crippen LogP contribution < -0.4 is 0 Å². The first-order valence-electron chi connectivity index (χ1n) is 17.2. The van der Waals surface area contributed by atoms with Gasteiger partial charge in [-0.25, -0.2) is 9.78 Å². The summed E-state index contributed by atoms with van der Waals surface area (Å²) in [4.78, 5) is 20.4. The first kappa shape index (κ1) is 35.8. The Balaban J connectivity index is 1.94. The van der Waals surface area contributed by atoms with E-state index in [0.717, 1.165) is 23.0 Å². The molecule has 2 aliphatic heterocycles. The van der Waals surface area contributed by atoms with Crippen molar-refractivity contribution in [2.45, 2.75) is 144 Å². The predicted octanol–water partition coefficient (Wildman–Crippen LogP) is 9.28. The minimum absolute atomic E-state index is 0.0697. The summed E-state index contributed by atoms with van der Waals surface area (Å²) in [5.41, 5.74) is 4.71. The Morgan fingerprint density at radius 3 is 2.13 bits per heavy atom. The molecular weight excluding hydrogens is 577 g/mol. The molecule has 0 spiro atoms. The van der Waals surface area contributed by atoms with E-state index in [1.54, 1.807) is 0 Å². The Morgan fingerprint density at radius 1 is 1.07 bits per heavy atom. The molecule has 0 radical (unpaired) electrons. The van der Waals surface area contributed by atoms with E-state index < -0.39 is 32.2 Å². The lowest BCUT2D eigenvalue weighted by atomic mass is 9.73. The first-order chi connectivity index (χ1) is 20.6. The normalized spacial score (nSPS) is 22.8. The maximum absolute atomic E-state index is 13.4. The van der Waals surface area contributed by atoms with Gasteiger partial charge in [-0.05, 0) is 113 Å². The van der Waals surface area contributed by atoms with Gasteiger partial charge in [-0.15, -0.1) is 0 Å². The molecule has 2 aromatic rings. The van der Waals surface area contributed by atoms with Gasteiger partial charge in [0.1, 0.15) is 11.2 Å². The molecule has 7 nitrogen and oxygen atoms in total. The Kier molecular flexibility index (Phi) is 9.93. The molecule has 2 aromatic heterocycles. The molecule has 9 heteroatoms. The first-order valence-corrected chi connectivity index (χ1v) is 19.3. The number of ether oxygens (including phenoxy) is 1. The van der Waals surface area contributed by atoms with E-state index >= 15 is 0 Å². The van der Waals surface area contributed by atoms with E-state index in [0.29, 0.717) is 35.6 Å². The minimum atomic E-state index is -2.05. The van der Waals surface area contributed by atoms with E-state index in [1.165, 1.54) is 11.1 Å². The van der Waals surface area contributed by atoms with Crippen LogP contribution in [0.25, 0.3) is 16.6 Å². The number of pyridine rings is 1. The zero-order chi connectivity index (χ0) is 33.9. The van der Waals surface area contributed by atoms with Crippen LogP contribution in [0.3, 0.4) is 0 Å². The van der Waals surface area contributed by atoms with Crippen LogP contribution in [-0.4, -0.2) is 65.5 Å². The highest BCUT2D eigenvalue weighted by atomic mass is 28.3. The second kappa shape index (κ2) is 12.5. The number of aromatic nitrogens is 2. The third-order valence-corrected chi connectivity index (χ3v) is 17.7. The molecule has 0 aliphatic carbocycles.